The van der Waals surface area contributed by atoms with Crippen LogP contribution in [-0.4, -0.2) is 56.6 Å². The van der Waals surface area contributed by atoms with Gasteiger partial charge in [-0.3, -0.25) is 0 Å². The van der Waals surface area contributed by atoms with Crippen molar-refractivity contribution in [1.29, 1.82) is 0 Å². The maximum absolute atomic E-state index is 12.5. The van der Waals surface area contributed by atoms with Gasteiger partial charge in [0.1, 0.15) is 0 Å². The molecule has 1 aromatic carbocycles. The Hall–Kier alpha value is -0.660. The fourth-order valence-corrected chi connectivity index (χ4v) is 7.80. The van der Waals surface area contributed by atoms with Crippen LogP contribution in [0.3, 0.4) is 0 Å². The number of hydrogen-bond acceptors (Lipinski definition) is 6. The topological polar surface area (TPSA) is 99.5 Å². The molecule has 5 atom stereocenters. The van der Waals surface area contributed by atoms with Crippen molar-refractivity contribution in [3.05, 3.63) is 29.3 Å². The number of amides is 1. The zero-order valence-corrected chi connectivity index (χ0v) is 21.4. The van der Waals surface area contributed by atoms with E-state index in [0.29, 0.717) is 48.4 Å². The molecule has 10 heteroatoms. The molecule has 1 aromatic rings. The number of carbonyl (C=O) groups is 1. The summed E-state index contributed by atoms with van der Waals surface area (Å²) >= 11 is 11.6. The first-order chi connectivity index (χ1) is 15.7. The Bertz CT molecular complexity index is 862. The predicted molar refractivity (Wildman–Crippen MR) is 130 cm³/mol. The molecule has 0 spiro atoms. The fourth-order valence-electron chi connectivity index (χ4n) is 6.62. The first-order valence-electron chi connectivity index (χ1n) is 11.7. The van der Waals surface area contributed by atoms with Gasteiger partial charge in [0.25, 0.3) is 0 Å². The minimum atomic E-state index is -4.55. The summed E-state index contributed by atoms with van der Waals surface area (Å²) < 4.78 is 11.0. The molecule has 2 saturated carbocycles. The van der Waals surface area contributed by atoms with Gasteiger partial charge in [0.05, 0.1) is 0 Å². The number of halogens is 2. The molecule has 0 aliphatic heterocycles. The summed E-state index contributed by atoms with van der Waals surface area (Å²) in [6.45, 7) is 2.95. The third kappa shape index (κ3) is 5.30. The Morgan fingerprint density at radius 1 is 1.15 bits per heavy atom. The van der Waals surface area contributed by atoms with Crippen LogP contribution in [0.2, 0.25) is 0 Å². The normalized spacial score (nSPS) is 31.3. The van der Waals surface area contributed by atoms with Gasteiger partial charge in [0.15, 0.2) is 0 Å². The van der Waals surface area contributed by atoms with Crippen LogP contribution in [0.1, 0.15) is 56.1 Å². The molecule has 2 fully saturated rings. The summed E-state index contributed by atoms with van der Waals surface area (Å²) in [4.78, 5) is 42.5. The Labute approximate surface area is 205 Å². The number of hydrogen-bond donors (Lipinski definition) is 3. The van der Waals surface area contributed by atoms with Gasteiger partial charge in [-0.05, 0) is 0 Å². The number of fused-ring (bicyclic) bond motifs is 5. The van der Waals surface area contributed by atoms with Gasteiger partial charge >= 0.3 is 148 Å². The van der Waals surface area contributed by atoms with Crippen LogP contribution in [0.4, 0.5) is 4.79 Å². The van der Waals surface area contributed by atoms with E-state index < -0.39 is 14.3 Å². The van der Waals surface area contributed by atoms with E-state index in [1.165, 1.54) is 16.0 Å². The summed E-state index contributed by atoms with van der Waals surface area (Å²) in [5, 5.41) is 0. The van der Waals surface area contributed by atoms with Crippen LogP contribution in [0.25, 0.3) is 0 Å². The molecule has 0 saturated heterocycles. The average Bonchev–Trinajstić information content (AvgIpc) is 3.08. The van der Waals surface area contributed by atoms with Crippen LogP contribution in [-0.2, 0) is 10.9 Å². The number of aryl methyl sites for hydroxylation is 1. The predicted octanol–water partition coefficient (Wildman–Crippen LogP) is 4.59. The summed E-state index contributed by atoms with van der Waals surface area (Å²) in [5.74, 6) is 2.53. The van der Waals surface area contributed by atoms with E-state index in [2.05, 4.69) is 13.0 Å². The first kappa shape index (κ1) is 25.4. The number of rotatable bonds is 7. The van der Waals surface area contributed by atoms with Crippen molar-refractivity contribution in [2.45, 2.75) is 57.5 Å². The molecule has 0 heterocycles. The number of carbonyl (C=O) groups excluding carboxylic acids is 1. The van der Waals surface area contributed by atoms with Gasteiger partial charge in [0.2, 0.25) is 0 Å². The van der Waals surface area contributed by atoms with Crippen molar-refractivity contribution < 1.29 is 28.7 Å². The van der Waals surface area contributed by atoms with Gasteiger partial charge in [-0.25, -0.2) is 4.79 Å². The Morgan fingerprint density at radius 2 is 1.88 bits per heavy atom. The molecule has 4 rings (SSSR count). The van der Waals surface area contributed by atoms with Gasteiger partial charge < -0.3 is 4.90 Å². The standard InChI is InChI=1S/C23H34Cl2NO6P/c1-23-9-8-18-17-5-3-16(31-22(27)26(12-10-24)13-11-25)14-15(17)2-4-19(18)20(23)6-7-21(23)32-33(28,29)30/h3,5,14,18-21,28-30,33H,2,4,6-13H2,1H3/t18?,19?,20?,21-,23-/m0/s1. The number of nitrogens with zero attached hydrogens (tertiary/aromatic N) is 1. The van der Waals surface area contributed by atoms with E-state index in [4.69, 9.17) is 32.5 Å². The number of alkyl halides is 2. The van der Waals surface area contributed by atoms with E-state index >= 15 is 0 Å². The molecule has 33 heavy (non-hydrogen) atoms. The molecule has 0 aromatic heterocycles. The van der Waals surface area contributed by atoms with Crippen molar-refractivity contribution in [2.24, 2.45) is 17.3 Å². The van der Waals surface area contributed by atoms with Crippen molar-refractivity contribution in [1.82, 2.24) is 4.90 Å². The summed E-state index contributed by atoms with van der Waals surface area (Å²) in [5.41, 5.74) is 2.39. The molecular formula is C23H34Cl2NO6P. The fraction of sp³-hybridized carbons (Fsp3) is 0.696. The van der Waals surface area contributed by atoms with Crippen LogP contribution >= 0.6 is 31.4 Å². The maximum atomic E-state index is 12.5. The van der Waals surface area contributed by atoms with Crippen molar-refractivity contribution >= 4 is 37.5 Å². The van der Waals surface area contributed by atoms with Crippen LogP contribution < -0.4 is 4.74 Å². The monoisotopic (exact) mass is 521 g/mol. The van der Waals surface area contributed by atoms with Crippen LogP contribution in [0, 0.1) is 17.3 Å². The number of ether oxygens (including phenoxy) is 1. The minimum absolute atomic E-state index is 0.158. The molecule has 3 N–H and O–H groups in total. The van der Waals surface area contributed by atoms with Gasteiger partial charge in [-0.2, -0.15) is 0 Å². The Balaban J connectivity index is 1.48. The quantitative estimate of drug-likeness (QED) is 0.358. The summed E-state index contributed by atoms with van der Waals surface area (Å²) in [7, 11) is -4.55. The molecule has 1 amide bonds. The second kappa shape index (κ2) is 10.1. The van der Waals surface area contributed by atoms with Crippen LogP contribution in [0.15, 0.2) is 18.2 Å². The third-order valence-electron chi connectivity index (χ3n) is 8.08. The Kier molecular flexibility index (Phi) is 7.81. The second-order valence-electron chi connectivity index (χ2n) is 9.81. The Morgan fingerprint density at radius 3 is 2.55 bits per heavy atom. The van der Waals surface area contributed by atoms with E-state index in [1.54, 1.807) is 0 Å². The van der Waals surface area contributed by atoms with Gasteiger partial charge in [-0.15, -0.1) is 23.2 Å². The molecule has 3 aliphatic rings. The zero-order valence-electron chi connectivity index (χ0n) is 18.9. The number of benzene rings is 1. The van der Waals surface area contributed by atoms with Crippen molar-refractivity contribution in [3.8, 4) is 5.75 Å². The first-order valence-corrected chi connectivity index (χ1v) is 14.5. The molecule has 0 bridgehead atoms. The molecule has 7 nitrogen and oxygen atoms in total. The summed E-state index contributed by atoms with van der Waals surface area (Å²) in [6, 6.07) is 5.96. The van der Waals surface area contributed by atoms with Crippen LogP contribution in [0.5, 0.6) is 5.75 Å². The van der Waals surface area contributed by atoms with Gasteiger partial charge in [0, 0.05) is 24.8 Å². The van der Waals surface area contributed by atoms with E-state index in [9.17, 15) is 19.5 Å². The zero-order chi connectivity index (χ0) is 23.8. The molecule has 0 radical (unpaired) electrons. The molecule has 3 aliphatic carbocycles. The van der Waals surface area contributed by atoms with Crippen molar-refractivity contribution in [2.75, 3.05) is 24.8 Å². The van der Waals surface area contributed by atoms with Crippen molar-refractivity contribution in [3.63, 3.8) is 0 Å². The third-order valence-corrected chi connectivity index (χ3v) is 9.02. The van der Waals surface area contributed by atoms with E-state index in [1.807, 2.05) is 12.1 Å². The summed E-state index contributed by atoms with van der Waals surface area (Å²) in [6.07, 6.45) is 4.79. The van der Waals surface area contributed by atoms with E-state index in [0.717, 1.165) is 38.5 Å². The second-order valence-corrected chi connectivity index (χ2v) is 12.0. The SMILES string of the molecule is C[C@]12CCC3c4ccc(OC(=O)N(CCCl)CCCl)cc4CCC3C1CC[C@@H]2O[PH](O)(O)O. The molecule has 3 unspecified atom stereocenters. The van der Waals surface area contributed by atoms with Gasteiger partial charge in [-0.1, -0.05) is 0 Å². The van der Waals surface area contributed by atoms with E-state index in [-0.39, 0.29) is 11.5 Å². The molecular weight excluding hydrogens is 488 g/mol. The molecule has 186 valence electrons. The average molecular weight is 522 g/mol.